The second-order valence-corrected chi connectivity index (χ2v) is 9.78. The lowest BCUT2D eigenvalue weighted by molar-refractivity contribution is 0.0954. The standard InChI is InChI=1S/C23H31N3O3S/c1-4-25(21-11-7-18(2)8-12-21)15-13-24-23(27)20-10-9-19(3)22(17-20)26-14-5-6-16-30(26,28)29/h7-12,17H,4-6,13-16H2,1-3H3,(H,24,27). The third-order valence-electron chi connectivity index (χ3n) is 5.54. The summed E-state index contributed by atoms with van der Waals surface area (Å²) in [6, 6.07) is 13.6. The summed E-state index contributed by atoms with van der Waals surface area (Å²) in [4.78, 5) is 14.9. The zero-order valence-corrected chi connectivity index (χ0v) is 18.8. The topological polar surface area (TPSA) is 69.7 Å². The molecule has 1 aliphatic heterocycles. The van der Waals surface area contributed by atoms with Gasteiger partial charge in [-0.3, -0.25) is 9.10 Å². The molecule has 0 aromatic heterocycles. The van der Waals surface area contributed by atoms with Gasteiger partial charge in [0, 0.05) is 37.4 Å². The molecular formula is C23H31N3O3S. The Kier molecular flexibility index (Phi) is 7.02. The first kappa shape index (κ1) is 22.2. The lowest BCUT2D eigenvalue weighted by Crippen LogP contribution is -2.38. The van der Waals surface area contributed by atoms with Crippen LogP contribution >= 0.6 is 0 Å². The predicted octanol–water partition coefficient (Wildman–Crippen LogP) is 3.49. The number of sulfonamides is 1. The van der Waals surface area contributed by atoms with E-state index >= 15 is 0 Å². The van der Waals surface area contributed by atoms with Crippen LogP contribution in [0.15, 0.2) is 42.5 Å². The van der Waals surface area contributed by atoms with Crippen LogP contribution < -0.4 is 14.5 Å². The normalized spacial score (nSPS) is 15.6. The summed E-state index contributed by atoms with van der Waals surface area (Å²) in [6.07, 6.45) is 1.52. The van der Waals surface area contributed by atoms with E-state index in [4.69, 9.17) is 0 Å². The number of likely N-dealkylation sites (N-methyl/N-ethyl adjacent to an activating group) is 1. The number of hydrogen-bond acceptors (Lipinski definition) is 4. The minimum atomic E-state index is -3.31. The van der Waals surface area contributed by atoms with Gasteiger partial charge in [-0.15, -0.1) is 0 Å². The molecular weight excluding hydrogens is 398 g/mol. The van der Waals surface area contributed by atoms with E-state index in [1.54, 1.807) is 12.1 Å². The van der Waals surface area contributed by atoms with E-state index in [1.165, 1.54) is 9.87 Å². The van der Waals surface area contributed by atoms with Gasteiger partial charge in [0.15, 0.2) is 0 Å². The minimum absolute atomic E-state index is 0.161. The summed E-state index contributed by atoms with van der Waals surface area (Å²) in [5.74, 6) is -0.0278. The van der Waals surface area contributed by atoms with Crippen LogP contribution in [0, 0.1) is 13.8 Å². The highest BCUT2D eigenvalue weighted by atomic mass is 32.2. The van der Waals surface area contributed by atoms with Gasteiger partial charge in [0.25, 0.3) is 5.91 Å². The summed E-state index contributed by atoms with van der Waals surface area (Å²) in [5.41, 5.74) is 4.29. The minimum Gasteiger partial charge on any atom is -0.370 e. The monoisotopic (exact) mass is 429 g/mol. The summed E-state index contributed by atoms with van der Waals surface area (Å²) in [5, 5.41) is 2.97. The number of carbonyl (C=O) groups excluding carboxylic acids is 1. The Morgan fingerprint density at radius 3 is 2.50 bits per heavy atom. The van der Waals surface area contributed by atoms with Gasteiger partial charge in [-0.05, 0) is 63.4 Å². The Balaban J connectivity index is 1.66. The number of amides is 1. The van der Waals surface area contributed by atoms with E-state index < -0.39 is 10.0 Å². The maximum absolute atomic E-state index is 12.7. The Hall–Kier alpha value is -2.54. The van der Waals surface area contributed by atoms with Crippen molar-refractivity contribution in [2.45, 2.75) is 33.6 Å². The van der Waals surface area contributed by atoms with E-state index in [-0.39, 0.29) is 11.7 Å². The fourth-order valence-corrected chi connectivity index (χ4v) is 5.40. The van der Waals surface area contributed by atoms with Crippen molar-refractivity contribution >= 4 is 27.3 Å². The molecule has 2 aromatic carbocycles. The molecule has 162 valence electrons. The predicted molar refractivity (Wildman–Crippen MR) is 123 cm³/mol. The third-order valence-corrected chi connectivity index (χ3v) is 7.39. The maximum atomic E-state index is 12.7. The zero-order chi connectivity index (χ0) is 21.7. The van der Waals surface area contributed by atoms with Gasteiger partial charge in [-0.2, -0.15) is 0 Å². The van der Waals surface area contributed by atoms with E-state index in [2.05, 4.69) is 48.3 Å². The molecule has 7 heteroatoms. The highest BCUT2D eigenvalue weighted by molar-refractivity contribution is 7.92. The van der Waals surface area contributed by atoms with Crippen molar-refractivity contribution in [3.05, 3.63) is 59.2 Å². The van der Waals surface area contributed by atoms with Crippen LogP contribution in [0.3, 0.4) is 0 Å². The van der Waals surface area contributed by atoms with Crippen molar-refractivity contribution in [1.82, 2.24) is 5.32 Å². The van der Waals surface area contributed by atoms with Crippen LogP contribution in [0.5, 0.6) is 0 Å². The molecule has 0 spiro atoms. The van der Waals surface area contributed by atoms with Crippen molar-refractivity contribution in [2.24, 2.45) is 0 Å². The molecule has 30 heavy (non-hydrogen) atoms. The molecule has 0 saturated carbocycles. The van der Waals surface area contributed by atoms with Gasteiger partial charge < -0.3 is 10.2 Å². The summed E-state index contributed by atoms with van der Waals surface area (Å²) in [7, 11) is -3.31. The maximum Gasteiger partial charge on any atom is 0.251 e. The van der Waals surface area contributed by atoms with Crippen LogP contribution in [-0.2, 0) is 10.0 Å². The van der Waals surface area contributed by atoms with Crippen molar-refractivity contribution in [2.75, 3.05) is 41.1 Å². The molecule has 1 amide bonds. The van der Waals surface area contributed by atoms with Gasteiger partial charge in [0.1, 0.15) is 0 Å². The molecule has 2 aromatic rings. The summed E-state index contributed by atoms with van der Waals surface area (Å²) < 4.78 is 26.4. The molecule has 0 aliphatic carbocycles. The van der Waals surface area contributed by atoms with E-state index in [1.807, 2.05) is 13.0 Å². The Morgan fingerprint density at radius 2 is 1.83 bits per heavy atom. The van der Waals surface area contributed by atoms with Crippen LogP contribution in [0.25, 0.3) is 0 Å². The van der Waals surface area contributed by atoms with Crippen molar-refractivity contribution in [1.29, 1.82) is 0 Å². The van der Waals surface area contributed by atoms with Gasteiger partial charge >= 0.3 is 0 Å². The molecule has 0 bridgehead atoms. The molecule has 3 rings (SSSR count). The molecule has 1 N–H and O–H groups in total. The first-order valence-electron chi connectivity index (χ1n) is 10.5. The van der Waals surface area contributed by atoms with Crippen molar-refractivity contribution < 1.29 is 13.2 Å². The Labute approximate surface area is 179 Å². The highest BCUT2D eigenvalue weighted by Gasteiger charge is 2.27. The van der Waals surface area contributed by atoms with Crippen molar-refractivity contribution in [3.8, 4) is 0 Å². The first-order valence-corrected chi connectivity index (χ1v) is 12.1. The lowest BCUT2D eigenvalue weighted by Gasteiger charge is -2.29. The number of benzene rings is 2. The molecule has 0 radical (unpaired) electrons. The van der Waals surface area contributed by atoms with Gasteiger partial charge in [0.2, 0.25) is 10.0 Å². The van der Waals surface area contributed by atoms with Crippen LogP contribution in [-0.4, -0.2) is 46.3 Å². The number of hydrogen-bond donors (Lipinski definition) is 1. The average Bonchev–Trinajstić information content (AvgIpc) is 2.72. The SMILES string of the molecule is CCN(CCNC(=O)c1ccc(C)c(N2CCCCS2(=O)=O)c1)c1ccc(C)cc1. The number of nitrogens with zero attached hydrogens (tertiary/aromatic N) is 2. The number of rotatable bonds is 7. The largest absolute Gasteiger partial charge is 0.370 e. The number of carbonyl (C=O) groups is 1. The van der Waals surface area contributed by atoms with Gasteiger partial charge in [0.05, 0.1) is 11.4 Å². The highest BCUT2D eigenvalue weighted by Crippen LogP contribution is 2.28. The van der Waals surface area contributed by atoms with E-state index in [9.17, 15) is 13.2 Å². The van der Waals surface area contributed by atoms with Crippen LogP contribution in [0.1, 0.15) is 41.3 Å². The Bertz CT molecular complexity index is 987. The number of aryl methyl sites for hydroxylation is 2. The third kappa shape index (κ3) is 5.14. The zero-order valence-electron chi connectivity index (χ0n) is 18.0. The van der Waals surface area contributed by atoms with Crippen LogP contribution in [0.4, 0.5) is 11.4 Å². The molecule has 0 unspecified atom stereocenters. The van der Waals surface area contributed by atoms with E-state index in [0.717, 1.165) is 24.2 Å². The second-order valence-electron chi connectivity index (χ2n) is 7.77. The molecule has 1 heterocycles. The van der Waals surface area contributed by atoms with E-state index in [0.29, 0.717) is 37.3 Å². The molecule has 1 fully saturated rings. The molecule has 6 nitrogen and oxygen atoms in total. The molecule has 1 saturated heterocycles. The number of anilines is 2. The summed E-state index contributed by atoms with van der Waals surface area (Å²) >= 11 is 0. The molecule has 0 atom stereocenters. The summed E-state index contributed by atoms with van der Waals surface area (Å²) in [6.45, 7) is 8.55. The van der Waals surface area contributed by atoms with Crippen LogP contribution in [0.2, 0.25) is 0 Å². The average molecular weight is 430 g/mol. The quantitative estimate of drug-likeness (QED) is 0.732. The fraction of sp³-hybridized carbons (Fsp3) is 0.435. The second kappa shape index (κ2) is 9.51. The van der Waals surface area contributed by atoms with Gasteiger partial charge in [-0.1, -0.05) is 23.8 Å². The van der Waals surface area contributed by atoms with Gasteiger partial charge in [-0.25, -0.2) is 8.42 Å². The fourth-order valence-electron chi connectivity index (χ4n) is 3.71. The smallest absolute Gasteiger partial charge is 0.251 e. The molecule has 1 aliphatic rings. The lowest BCUT2D eigenvalue weighted by atomic mass is 10.1. The van der Waals surface area contributed by atoms with Crippen molar-refractivity contribution in [3.63, 3.8) is 0 Å². The number of nitrogens with one attached hydrogen (secondary N) is 1. The Morgan fingerprint density at radius 1 is 1.10 bits per heavy atom. The first-order chi connectivity index (χ1) is 14.3.